The molecule has 0 spiro atoms. The molecule has 0 saturated heterocycles. The van der Waals surface area contributed by atoms with Gasteiger partial charge in [-0.1, -0.05) is 26.0 Å². The first kappa shape index (κ1) is 15.5. The van der Waals surface area contributed by atoms with E-state index in [0.717, 1.165) is 11.3 Å². The number of nitrogens with two attached hydrogens (primary N) is 1. The predicted octanol–water partition coefficient (Wildman–Crippen LogP) is 2.07. The topological polar surface area (TPSA) is 64.3 Å². The van der Waals surface area contributed by atoms with Gasteiger partial charge in [-0.05, 0) is 30.5 Å². The molecular formula is C15H24N2O2. The maximum Gasteiger partial charge on any atom is 0.221 e. The Morgan fingerprint density at radius 2 is 2.11 bits per heavy atom. The van der Waals surface area contributed by atoms with E-state index in [1.165, 1.54) is 0 Å². The summed E-state index contributed by atoms with van der Waals surface area (Å²) in [6.07, 6.45) is 0.351. The number of carbonyl (C=O) groups excluding carboxylic acids is 1. The first-order valence-corrected chi connectivity index (χ1v) is 6.71. The Morgan fingerprint density at radius 1 is 1.37 bits per heavy atom. The zero-order valence-electron chi connectivity index (χ0n) is 12.0. The van der Waals surface area contributed by atoms with Crippen LogP contribution in [0, 0.1) is 5.92 Å². The van der Waals surface area contributed by atoms with E-state index in [-0.39, 0.29) is 11.9 Å². The van der Waals surface area contributed by atoms with Gasteiger partial charge < -0.3 is 15.8 Å². The third kappa shape index (κ3) is 6.82. The second kappa shape index (κ2) is 7.79. The fourth-order valence-electron chi connectivity index (χ4n) is 1.57. The number of nitrogens with one attached hydrogen (secondary N) is 1. The van der Waals surface area contributed by atoms with E-state index in [2.05, 4.69) is 19.2 Å². The summed E-state index contributed by atoms with van der Waals surface area (Å²) in [7, 11) is 0. The number of rotatable bonds is 7. The lowest BCUT2D eigenvalue weighted by molar-refractivity contribution is -0.121. The number of benzene rings is 1. The Balaban J connectivity index is 2.45. The molecule has 1 aromatic rings. The summed E-state index contributed by atoms with van der Waals surface area (Å²) in [6.45, 7) is 7.24. The van der Waals surface area contributed by atoms with Crippen molar-refractivity contribution in [3.05, 3.63) is 29.8 Å². The van der Waals surface area contributed by atoms with E-state index < -0.39 is 0 Å². The molecule has 0 bridgehead atoms. The van der Waals surface area contributed by atoms with Crippen LogP contribution in [0.5, 0.6) is 5.75 Å². The molecule has 0 radical (unpaired) electrons. The highest BCUT2D eigenvalue weighted by Gasteiger charge is 2.05. The van der Waals surface area contributed by atoms with Crippen LogP contribution in [-0.2, 0) is 11.3 Å². The van der Waals surface area contributed by atoms with Crippen LogP contribution in [0.15, 0.2) is 24.3 Å². The van der Waals surface area contributed by atoms with Gasteiger partial charge in [-0.2, -0.15) is 0 Å². The molecule has 0 aliphatic heterocycles. The van der Waals surface area contributed by atoms with E-state index in [1.54, 1.807) is 0 Å². The van der Waals surface area contributed by atoms with Crippen LogP contribution in [0.25, 0.3) is 0 Å². The van der Waals surface area contributed by atoms with Crippen LogP contribution < -0.4 is 15.8 Å². The number of amides is 1. The molecule has 0 aliphatic carbocycles. The summed E-state index contributed by atoms with van der Waals surface area (Å²) in [5, 5.41) is 2.85. The van der Waals surface area contributed by atoms with Crippen molar-refractivity contribution in [2.24, 2.45) is 11.7 Å². The molecule has 1 atom stereocenters. The van der Waals surface area contributed by atoms with Gasteiger partial charge in [0.1, 0.15) is 5.75 Å². The fourth-order valence-corrected chi connectivity index (χ4v) is 1.57. The number of carbonyl (C=O) groups is 1. The smallest absolute Gasteiger partial charge is 0.221 e. The molecule has 0 saturated carbocycles. The summed E-state index contributed by atoms with van der Waals surface area (Å²) in [5.74, 6) is 1.31. The number of hydrogen-bond donors (Lipinski definition) is 2. The highest BCUT2D eigenvalue weighted by Crippen LogP contribution is 2.14. The molecule has 106 valence electrons. The lowest BCUT2D eigenvalue weighted by atomic mass is 10.2. The van der Waals surface area contributed by atoms with Gasteiger partial charge in [0.2, 0.25) is 5.91 Å². The van der Waals surface area contributed by atoms with Gasteiger partial charge in [-0.15, -0.1) is 0 Å². The molecule has 0 aromatic heterocycles. The third-order valence-electron chi connectivity index (χ3n) is 2.48. The minimum absolute atomic E-state index is 0.0245. The van der Waals surface area contributed by atoms with Crippen molar-refractivity contribution in [3.8, 4) is 5.75 Å². The molecule has 0 heterocycles. The standard InChI is InChI=1S/C15H24N2O2/c1-11(2)10-19-14-6-4-5-13(8-14)9-17-15(18)7-12(3)16/h4-6,8,11-12H,7,9-10,16H2,1-3H3,(H,17,18). The third-order valence-corrected chi connectivity index (χ3v) is 2.48. The molecule has 1 unspecified atom stereocenters. The van der Waals surface area contributed by atoms with Gasteiger partial charge in [0.05, 0.1) is 6.61 Å². The van der Waals surface area contributed by atoms with Gasteiger partial charge in [-0.25, -0.2) is 0 Å². The molecule has 0 aliphatic rings. The van der Waals surface area contributed by atoms with Crippen molar-refractivity contribution < 1.29 is 9.53 Å². The second-order valence-corrected chi connectivity index (χ2v) is 5.31. The molecular weight excluding hydrogens is 240 g/mol. The zero-order valence-corrected chi connectivity index (χ0v) is 12.0. The second-order valence-electron chi connectivity index (χ2n) is 5.31. The van der Waals surface area contributed by atoms with Crippen LogP contribution >= 0.6 is 0 Å². The van der Waals surface area contributed by atoms with Crippen LogP contribution in [0.3, 0.4) is 0 Å². The number of hydrogen-bond acceptors (Lipinski definition) is 3. The monoisotopic (exact) mass is 264 g/mol. The van der Waals surface area contributed by atoms with Gasteiger partial charge in [0.15, 0.2) is 0 Å². The lowest BCUT2D eigenvalue weighted by Crippen LogP contribution is -2.29. The van der Waals surface area contributed by atoms with Crippen LogP contribution in [0.2, 0.25) is 0 Å². The molecule has 4 nitrogen and oxygen atoms in total. The van der Waals surface area contributed by atoms with Gasteiger partial charge in [0.25, 0.3) is 0 Å². The van der Waals surface area contributed by atoms with Crippen molar-refractivity contribution in [2.75, 3.05) is 6.61 Å². The molecule has 19 heavy (non-hydrogen) atoms. The van der Waals surface area contributed by atoms with E-state index >= 15 is 0 Å². The molecule has 0 fully saturated rings. The van der Waals surface area contributed by atoms with Gasteiger partial charge in [0, 0.05) is 19.0 Å². The minimum atomic E-state index is -0.110. The Bertz CT molecular complexity index is 403. The first-order valence-electron chi connectivity index (χ1n) is 6.71. The first-order chi connectivity index (χ1) is 8.97. The summed E-state index contributed by atoms with van der Waals surface area (Å²) in [4.78, 5) is 11.5. The normalized spacial score (nSPS) is 12.3. The van der Waals surface area contributed by atoms with Crippen molar-refractivity contribution in [1.29, 1.82) is 0 Å². The summed E-state index contributed by atoms with van der Waals surface area (Å²) >= 11 is 0. The van der Waals surface area contributed by atoms with Crippen molar-refractivity contribution in [3.63, 3.8) is 0 Å². The zero-order chi connectivity index (χ0) is 14.3. The van der Waals surface area contributed by atoms with Gasteiger partial charge in [-0.3, -0.25) is 4.79 Å². The van der Waals surface area contributed by atoms with Crippen molar-refractivity contribution in [1.82, 2.24) is 5.32 Å². The average Bonchev–Trinajstić information content (AvgIpc) is 2.34. The van der Waals surface area contributed by atoms with E-state index in [4.69, 9.17) is 10.5 Å². The fraction of sp³-hybridized carbons (Fsp3) is 0.533. The lowest BCUT2D eigenvalue weighted by Gasteiger charge is -2.11. The van der Waals surface area contributed by atoms with Crippen LogP contribution in [0.4, 0.5) is 0 Å². The molecule has 4 heteroatoms. The van der Waals surface area contributed by atoms with E-state index in [1.807, 2.05) is 31.2 Å². The van der Waals surface area contributed by atoms with Crippen molar-refractivity contribution >= 4 is 5.91 Å². The van der Waals surface area contributed by atoms with Crippen LogP contribution in [-0.4, -0.2) is 18.6 Å². The molecule has 1 rings (SSSR count). The van der Waals surface area contributed by atoms with E-state index in [9.17, 15) is 4.79 Å². The molecule has 1 amide bonds. The SMILES string of the molecule is CC(C)COc1cccc(CNC(=O)CC(C)N)c1. The maximum atomic E-state index is 11.5. The molecule has 3 N–H and O–H groups in total. The Morgan fingerprint density at radius 3 is 2.74 bits per heavy atom. The number of ether oxygens (including phenoxy) is 1. The Kier molecular flexibility index (Phi) is 6.36. The van der Waals surface area contributed by atoms with Gasteiger partial charge >= 0.3 is 0 Å². The van der Waals surface area contributed by atoms with E-state index in [0.29, 0.717) is 25.5 Å². The summed E-state index contributed by atoms with van der Waals surface area (Å²) in [6, 6.07) is 7.67. The summed E-state index contributed by atoms with van der Waals surface area (Å²) < 4.78 is 5.65. The highest BCUT2D eigenvalue weighted by atomic mass is 16.5. The molecule has 1 aromatic carbocycles. The Labute approximate surface area is 115 Å². The quantitative estimate of drug-likeness (QED) is 0.792. The van der Waals surface area contributed by atoms with Crippen LogP contribution in [0.1, 0.15) is 32.8 Å². The Hall–Kier alpha value is -1.55. The maximum absolute atomic E-state index is 11.5. The highest BCUT2D eigenvalue weighted by molar-refractivity contribution is 5.76. The average molecular weight is 264 g/mol. The minimum Gasteiger partial charge on any atom is -0.493 e. The largest absolute Gasteiger partial charge is 0.493 e. The predicted molar refractivity (Wildman–Crippen MR) is 76.9 cm³/mol. The summed E-state index contributed by atoms with van der Waals surface area (Å²) in [5.41, 5.74) is 6.60. The van der Waals surface area contributed by atoms with Crippen molar-refractivity contribution in [2.45, 2.75) is 39.8 Å².